The maximum Gasteiger partial charge on any atom is 0.258 e. The van der Waals surface area contributed by atoms with Crippen LogP contribution in [0.15, 0.2) is 29.1 Å². The van der Waals surface area contributed by atoms with Crippen molar-refractivity contribution in [1.82, 2.24) is 9.97 Å². The van der Waals surface area contributed by atoms with Crippen LogP contribution in [0, 0.1) is 29.0 Å². The van der Waals surface area contributed by atoms with Gasteiger partial charge in [-0.1, -0.05) is 19.1 Å². The predicted octanol–water partition coefficient (Wildman–Crippen LogP) is 2.37. The number of nitrogens with one attached hydrogen (secondary N) is 2. The van der Waals surface area contributed by atoms with Crippen molar-refractivity contribution in [3.05, 3.63) is 51.6 Å². The van der Waals surface area contributed by atoms with E-state index in [4.69, 9.17) is 0 Å². The van der Waals surface area contributed by atoms with Gasteiger partial charge in [-0.3, -0.25) is 14.6 Å². The van der Waals surface area contributed by atoms with E-state index < -0.39 is 29.1 Å². The molecule has 2 aliphatic rings. The first-order valence-corrected chi connectivity index (χ1v) is 9.33. The number of hydrogen-bond donors (Lipinski definition) is 2. The first kappa shape index (κ1) is 18.2. The molecular weight excluding hydrogens is 361 g/mol. The summed E-state index contributed by atoms with van der Waals surface area (Å²) in [5.74, 6) is -1.77. The normalized spacial score (nSPS) is 24.2. The van der Waals surface area contributed by atoms with Crippen LogP contribution in [-0.2, 0) is 4.79 Å². The maximum atomic E-state index is 13.3. The van der Waals surface area contributed by atoms with Gasteiger partial charge in [-0.25, -0.2) is 4.39 Å². The van der Waals surface area contributed by atoms with Crippen LogP contribution in [0.3, 0.4) is 0 Å². The average molecular weight is 381 g/mol. The number of H-pyrrole nitrogens is 1. The number of benzene rings is 1. The first-order chi connectivity index (χ1) is 13.5. The Balaban J connectivity index is 1.82. The molecule has 1 amide bonds. The summed E-state index contributed by atoms with van der Waals surface area (Å²) in [6, 6.07) is 7.46. The highest BCUT2D eigenvalue weighted by Gasteiger charge is 2.40. The largest absolute Gasteiger partial charge is 0.342 e. The van der Waals surface area contributed by atoms with Gasteiger partial charge in [0.25, 0.3) is 5.56 Å². The van der Waals surface area contributed by atoms with Crippen LogP contribution in [0.1, 0.15) is 36.8 Å². The summed E-state index contributed by atoms with van der Waals surface area (Å²) in [5.41, 5.74) is 0.357. The fraction of sp³-hybridized carbons (Fsp3) is 0.400. The summed E-state index contributed by atoms with van der Waals surface area (Å²) in [7, 11) is 0. The molecule has 2 aliphatic heterocycles. The minimum atomic E-state index is -1.10. The molecule has 0 saturated carbocycles. The Morgan fingerprint density at radius 2 is 2.04 bits per heavy atom. The summed E-state index contributed by atoms with van der Waals surface area (Å²) < 4.78 is 13.3. The Kier molecular flexibility index (Phi) is 4.59. The summed E-state index contributed by atoms with van der Waals surface area (Å²) in [5, 5.41) is 12.1. The van der Waals surface area contributed by atoms with E-state index in [1.54, 1.807) is 0 Å². The van der Waals surface area contributed by atoms with Crippen LogP contribution in [0.5, 0.6) is 0 Å². The lowest BCUT2D eigenvalue weighted by Crippen LogP contribution is -2.41. The van der Waals surface area contributed by atoms with E-state index in [0.717, 1.165) is 25.9 Å². The Morgan fingerprint density at radius 1 is 1.29 bits per heavy atom. The second kappa shape index (κ2) is 7.08. The Bertz CT molecular complexity index is 1010. The van der Waals surface area contributed by atoms with Gasteiger partial charge in [-0.2, -0.15) is 10.2 Å². The molecule has 3 unspecified atom stereocenters. The molecule has 0 aliphatic carbocycles. The molecule has 1 aromatic carbocycles. The minimum Gasteiger partial charge on any atom is -0.342 e. The Hall–Kier alpha value is -3.21. The molecule has 0 radical (unpaired) electrons. The predicted molar refractivity (Wildman–Crippen MR) is 101 cm³/mol. The number of piperidine rings is 1. The molecule has 2 N–H and O–H groups in total. The number of rotatable bonds is 2. The summed E-state index contributed by atoms with van der Waals surface area (Å²) in [4.78, 5) is 34.8. The van der Waals surface area contributed by atoms with Gasteiger partial charge >= 0.3 is 0 Å². The first-order valence-electron chi connectivity index (χ1n) is 9.33. The highest BCUT2D eigenvalue weighted by molar-refractivity contribution is 5.97. The van der Waals surface area contributed by atoms with Crippen LogP contribution < -0.4 is 15.8 Å². The van der Waals surface area contributed by atoms with E-state index in [-0.39, 0.29) is 11.4 Å². The van der Waals surface area contributed by atoms with Crippen molar-refractivity contribution < 1.29 is 9.18 Å². The molecule has 1 saturated heterocycles. The van der Waals surface area contributed by atoms with Crippen LogP contribution in [-0.4, -0.2) is 29.0 Å². The van der Waals surface area contributed by atoms with Crippen molar-refractivity contribution in [3.63, 3.8) is 0 Å². The minimum absolute atomic E-state index is 0.169. The lowest BCUT2D eigenvalue weighted by atomic mass is 9.79. The van der Waals surface area contributed by atoms with Crippen LogP contribution in [0.2, 0.25) is 0 Å². The zero-order chi connectivity index (χ0) is 19.8. The van der Waals surface area contributed by atoms with Crippen molar-refractivity contribution in [1.29, 1.82) is 5.26 Å². The van der Waals surface area contributed by atoms with Crippen molar-refractivity contribution in [2.75, 3.05) is 23.3 Å². The smallest absolute Gasteiger partial charge is 0.258 e. The maximum absolute atomic E-state index is 13.3. The molecule has 4 rings (SSSR count). The lowest BCUT2D eigenvalue weighted by Gasteiger charge is -2.33. The number of aromatic nitrogens is 2. The van der Waals surface area contributed by atoms with Gasteiger partial charge in [0.1, 0.15) is 17.6 Å². The zero-order valence-electron chi connectivity index (χ0n) is 15.4. The van der Waals surface area contributed by atoms with Crippen molar-refractivity contribution in [2.45, 2.75) is 25.7 Å². The van der Waals surface area contributed by atoms with Gasteiger partial charge in [-0.05, 0) is 36.5 Å². The fourth-order valence-corrected chi connectivity index (χ4v) is 4.06. The zero-order valence-corrected chi connectivity index (χ0v) is 15.4. The molecule has 8 heteroatoms. The van der Waals surface area contributed by atoms with Gasteiger partial charge in [0.15, 0.2) is 0 Å². The topological polar surface area (TPSA) is 102 Å². The summed E-state index contributed by atoms with van der Waals surface area (Å²) in [6.07, 6.45) is 2.13. The molecule has 144 valence electrons. The number of aromatic amines is 1. The number of carbonyl (C=O) groups excluding carboxylic acids is 1. The van der Waals surface area contributed by atoms with E-state index in [1.165, 1.54) is 24.3 Å². The van der Waals surface area contributed by atoms with Gasteiger partial charge < -0.3 is 10.2 Å². The lowest BCUT2D eigenvalue weighted by molar-refractivity contribution is -0.119. The fourth-order valence-electron chi connectivity index (χ4n) is 4.06. The second-order valence-electron chi connectivity index (χ2n) is 7.47. The van der Waals surface area contributed by atoms with Gasteiger partial charge in [-0.15, -0.1) is 0 Å². The third-order valence-corrected chi connectivity index (χ3v) is 5.44. The van der Waals surface area contributed by atoms with Crippen molar-refractivity contribution in [3.8, 4) is 6.07 Å². The number of fused-ring (bicyclic) bond motifs is 1. The van der Waals surface area contributed by atoms with Gasteiger partial charge in [0.05, 0.1) is 11.6 Å². The third-order valence-electron chi connectivity index (χ3n) is 5.44. The van der Waals surface area contributed by atoms with Crippen molar-refractivity contribution >= 4 is 17.7 Å². The molecule has 7 nitrogen and oxygen atoms in total. The number of nitrogens with zero attached hydrogens (tertiary/aromatic N) is 3. The molecule has 3 heterocycles. The Labute approximate surface area is 161 Å². The third kappa shape index (κ3) is 3.13. The van der Waals surface area contributed by atoms with E-state index >= 15 is 0 Å². The molecule has 28 heavy (non-hydrogen) atoms. The van der Waals surface area contributed by atoms with Crippen molar-refractivity contribution in [2.24, 2.45) is 11.8 Å². The molecule has 1 fully saturated rings. The van der Waals surface area contributed by atoms with E-state index in [1.807, 2.05) is 11.0 Å². The number of halogens is 1. The molecule has 3 atom stereocenters. The molecule has 0 spiro atoms. The van der Waals surface area contributed by atoms with E-state index in [2.05, 4.69) is 22.2 Å². The van der Waals surface area contributed by atoms with Gasteiger partial charge in [0, 0.05) is 19.0 Å². The highest BCUT2D eigenvalue weighted by Crippen LogP contribution is 2.38. The van der Waals surface area contributed by atoms with Gasteiger partial charge in [0.2, 0.25) is 11.9 Å². The summed E-state index contributed by atoms with van der Waals surface area (Å²) in [6.45, 7) is 3.70. The Morgan fingerprint density at radius 3 is 2.71 bits per heavy atom. The standard InChI is InChI=1S/C20H20FN5O2/c1-11-3-2-8-26(10-11)20-24-17-16(19(28)25-20)15(14(9-22)18(27)23-17)12-4-6-13(21)7-5-12/h4-7,11,14-15H,2-3,8,10H2,1H3,(H2,23,24,25,27,28). The molecule has 2 aromatic rings. The number of anilines is 2. The molecule has 1 aromatic heterocycles. The van der Waals surface area contributed by atoms with Crippen LogP contribution >= 0.6 is 0 Å². The quantitative estimate of drug-likeness (QED) is 0.832. The van der Waals surface area contributed by atoms with E-state index in [0.29, 0.717) is 17.4 Å². The molecule has 0 bridgehead atoms. The summed E-state index contributed by atoms with van der Waals surface area (Å²) >= 11 is 0. The number of hydrogen-bond acceptors (Lipinski definition) is 5. The monoisotopic (exact) mass is 381 g/mol. The van der Waals surface area contributed by atoms with Crippen LogP contribution in [0.4, 0.5) is 16.2 Å². The number of carbonyl (C=O) groups is 1. The second-order valence-corrected chi connectivity index (χ2v) is 7.47. The SMILES string of the molecule is CC1CCCN(c2nc3c(c(=O)[nH]2)C(c2ccc(F)cc2)C(C#N)C(=O)N3)C1. The number of nitriles is 1. The van der Waals surface area contributed by atoms with Crippen LogP contribution in [0.25, 0.3) is 0 Å². The highest BCUT2D eigenvalue weighted by atomic mass is 19.1. The number of amides is 1. The average Bonchev–Trinajstić information content (AvgIpc) is 2.67. The van der Waals surface area contributed by atoms with E-state index in [9.17, 15) is 19.2 Å². The molecular formula is C20H20FN5O2.